The first kappa shape index (κ1) is 68.1. The molecular formula is C51H98O17P2. The van der Waals surface area contributed by atoms with Gasteiger partial charge in [0.05, 0.1) is 26.4 Å². The number of hydrogen-bond donors (Lipinski definition) is 3. The molecule has 0 heterocycles. The summed E-state index contributed by atoms with van der Waals surface area (Å²) in [6, 6.07) is 0. The van der Waals surface area contributed by atoms with Gasteiger partial charge in [0.25, 0.3) is 0 Å². The summed E-state index contributed by atoms with van der Waals surface area (Å²) in [5, 5.41) is 10.4. The van der Waals surface area contributed by atoms with Crippen molar-refractivity contribution < 1.29 is 80.2 Å². The molecule has 0 amide bonds. The van der Waals surface area contributed by atoms with Crippen molar-refractivity contribution >= 4 is 39.5 Å². The molecule has 0 rings (SSSR count). The van der Waals surface area contributed by atoms with Crippen LogP contribution >= 0.6 is 15.6 Å². The Balaban J connectivity index is 5.01. The highest BCUT2D eigenvalue weighted by Crippen LogP contribution is 2.45. The van der Waals surface area contributed by atoms with E-state index in [1.165, 1.54) is 64.2 Å². The molecule has 0 aliphatic heterocycles. The van der Waals surface area contributed by atoms with Gasteiger partial charge >= 0.3 is 39.5 Å². The Labute approximate surface area is 422 Å². The molecule has 0 aromatic heterocycles. The Morgan fingerprint density at radius 3 is 0.857 bits per heavy atom. The standard InChI is InChI=1S/C51H98O17P2/c1-5-9-13-17-19-20-21-22-23-24-25-26-28-30-34-38-51(56)68-47(42-62-49(54)36-32-16-12-8-4)44-66-70(59,60)64-40-45(52)39-63-69(57,58)65-43-46(41-61-48(53)35-31-15-11-7-3)67-50(55)37-33-29-27-18-14-10-6-2/h45-47,52H,5-44H2,1-4H3,(H,57,58)(H,59,60)/t45-,46-,47-/m1/s1. The van der Waals surface area contributed by atoms with Gasteiger partial charge in [0, 0.05) is 25.7 Å². The summed E-state index contributed by atoms with van der Waals surface area (Å²) in [7, 11) is -9.83. The highest BCUT2D eigenvalue weighted by molar-refractivity contribution is 7.47. The van der Waals surface area contributed by atoms with Crippen molar-refractivity contribution in [2.45, 2.75) is 264 Å². The molecule has 0 spiro atoms. The van der Waals surface area contributed by atoms with Gasteiger partial charge in [0.1, 0.15) is 19.3 Å². The highest BCUT2D eigenvalue weighted by Gasteiger charge is 2.30. The normalized spacial score (nSPS) is 14.6. The molecular weight excluding hydrogens is 946 g/mol. The topological polar surface area (TPSA) is 237 Å². The van der Waals surface area contributed by atoms with Crippen LogP contribution in [0.15, 0.2) is 0 Å². The van der Waals surface area contributed by atoms with Crippen LogP contribution in [0.5, 0.6) is 0 Å². The van der Waals surface area contributed by atoms with E-state index in [1.54, 1.807) is 0 Å². The van der Waals surface area contributed by atoms with Crippen LogP contribution in [0.25, 0.3) is 0 Å². The second-order valence-electron chi connectivity index (χ2n) is 18.6. The zero-order chi connectivity index (χ0) is 52.0. The number of hydrogen-bond acceptors (Lipinski definition) is 15. The Hall–Kier alpha value is -1.94. The van der Waals surface area contributed by atoms with Gasteiger partial charge < -0.3 is 33.8 Å². The maximum Gasteiger partial charge on any atom is 0.472 e. The van der Waals surface area contributed by atoms with Crippen molar-refractivity contribution in [2.75, 3.05) is 39.6 Å². The van der Waals surface area contributed by atoms with Crippen LogP contribution < -0.4 is 0 Å². The largest absolute Gasteiger partial charge is 0.472 e. The number of ether oxygens (including phenoxy) is 4. The van der Waals surface area contributed by atoms with E-state index in [2.05, 4.69) is 20.8 Å². The molecule has 0 saturated carbocycles. The lowest BCUT2D eigenvalue weighted by Crippen LogP contribution is -2.30. The van der Waals surface area contributed by atoms with Gasteiger partial charge in [0.2, 0.25) is 0 Å². The van der Waals surface area contributed by atoms with Crippen LogP contribution in [0.1, 0.15) is 246 Å². The highest BCUT2D eigenvalue weighted by atomic mass is 31.2. The molecule has 0 bridgehead atoms. The van der Waals surface area contributed by atoms with Gasteiger partial charge in [-0.3, -0.25) is 37.3 Å². The summed E-state index contributed by atoms with van der Waals surface area (Å²) < 4.78 is 66.8. The SMILES string of the molecule is CCCCCCCCCCCCCCCCCC(=O)O[C@H](COC(=O)CCCCCC)COP(=O)(O)OC[C@H](O)COP(=O)(O)OC[C@@H](COC(=O)CCCCCC)OC(=O)CCCCCCCCC. The predicted octanol–water partition coefficient (Wildman–Crippen LogP) is 12.9. The van der Waals surface area contributed by atoms with E-state index < -0.39 is 97.5 Å². The average Bonchev–Trinajstić information content (AvgIpc) is 3.33. The molecule has 0 aliphatic carbocycles. The molecule has 19 heteroatoms. The predicted molar refractivity (Wildman–Crippen MR) is 271 cm³/mol. The van der Waals surface area contributed by atoms with Crippen LogP contribution in [0.2, 0.25) is 0 Å². The van der Waals surface area contributed by atoms with Crippen LogP contribution in [0, 0.1) is 0 Å². The van der Waals surface area contributed by atoms with Crippen LogP contribution in [0.4, 0.5) is 0 Å². The zero-order valence-electron chi connectivity index (χ0n) is 44.0. The minimum atomic E-state index is -4.92. The molecule has 414 valence electrons. The average molecular weight is 1050 g/mol. The Morgan fingerprint density at radius 2 is 0.571 bits per heavy atom. The van der Waals surface area contributed by atoms with Gasteiger partial charge in [-0.25, -0.2) is 9.13 Å². The van der Waals surface area contributed by atoms with E-state index in [9.17, 15) is 43.2 Å². The molecule has 3 N–H and O–H groups in total. The van der Waals surface area contributed by atoms with Crippen LogP contribution in [-0.4, -0.2) is 96.7 Å². The monoisotopic (exact) mass is 1040 g/mol. The number of carbonyl (C=O) groups is 4. The molecule has 2 unspecified atom stereocenters. The fourth-order valence-corrected chi connectivity index (χ4v) is 8.91. The zero-order valence-corrected chi connectivity index (χ0v) is 45.8. The second kappa shape index (κ2) is 46.8. The lowest BCUT2D eigenvalue weighted by molar-refractivity contribution is -0.161. The minimum Gasteiger partial charge on any atom is -0.462 e. The van der Waals surface area contributed by atoms with Gasteiger partial charge in [-0.1, -0.05) is 195 Å². The van der Waals surface area contributed by atoms with Gasteiger partial charge in [-0.2, -0.15) is 0 Å². The molecule has 0 aliphatic rings. The number of unbranched alkanes of at least 4 members (excludes halogenated alkanes) is 26. The molecule has 0 saturated heterocycles. The Morgan fingerprint density at radius 1 is 0.343 bits per heavy atom. The number of esters is 4. The smallest absolute Gasteiger partial charge is 0.462 e. The van der Waals surface area contributed by atoms with E-state index in [-0.39, 0.29) is 25.7 Å². The second-order valence-corrected chi connectivity index (χ2v) is 21.5. The van der Waals surface area contributed by atoms with E-state index in [0.717, 1.165) is 103 Å². The number of rotatable bonds is 52. The number of phosphoric ester groups is 2. The van der Waals surface area contributed by atoms with Crippen molar-refractivity contribution in [2.24, 2.45) is 0 Å². The summed E-state index contributed by atoms with van der Waals surface area (Å²) in [5.74, 6) is -2.19. The first-order valence-electron chi connectivity index (χ1n) is 27.3. The number of aliphatic hydroxyl groups excluding tert-OH is 1. The van der Waals surface area contributed by atoms with Gasteiger partial charge in [0.15, 0.2) is 12.2 Å². The number of carbonyl (C=O) groups excluding carboxylic acids is 4. The lowest BCUT2D eigenvalue weighted by atomic mass is 10.0. The van der Waals surface area contributed by atoms with Gasteiger partial charge in [-0.15, -0.1) is 0 Å². The van der Waals surface area contributed by atoms with Gasteiger partial charge in [-0.05, 0) is 25.7 Å². The van der Waals surface area contributed by atoms with Crippen molar-refractivity contribution in [1.29, 1.82) is 0 Å². The van der Waals surface area contributed by atoms with Crippen molar-refractivity contribution in [3.63, 3.8) is 0 Å². The quantitative estimate of drug-likeness (QED) is 0.0222. The summed E-state index contributed by atoms with van der Waals surface area (Å²) in [6.07, 6.45) is 27.8. The van der Waals surface area contributed by atoms with E-state index in [0.29, 0.717) is 25.7 Å². The molecule has 0 fully saturated rings. The van der Waals surface area contributed by atoms with E-state index in [1.807, 2.05) is 6.92 Å². The molecule has 70 heavy (non-hydrogen) atoms. The summed E-state index contributed by atoms with van der Waals surface area (Å²) in [4.78, 5) is 70.8. The molecule has 5 atom stereocenters. The van der Waals surface area contributed by atoms with Crippen molar-refractivity contribution in [3.8, 4) is 0 Å². The number of phosphoric acid groups is 2. The molecule has 17 nitrogen and oxygen atoms in total. The summed E-state index contributed by atoms with van der Waals surface area (Å²) >= 11 is 0. The van der Waals surface area contributed by atoms with E-state index in [4.69, 9.17) is 37.0 Å². The first-order chi connectivity index (χ1) is 33.7. The van der Waals surface area contributed by atoms with Crippen LogP contribution in [0.3, 0.4) is 0 Å². The fourth-order valence-electron chi connectivity index (χ4n) is 7.34. The molecule has 0 aromatic carbocycles. The summed E-state index contributed by atoms with van der Waals surface area (Å²) in [5.41, 5.74) is 0. The van der Waals surface area contributed by atoms with Crippen LogP contribution in [-0.2, 0) is 65.4 Å². The molecule has 0 radical (unpaired) electrons. The van der Waals surface area contributed by atoms with E-state index >= 15 is 0 Å². The minimum absolute atomic E-state index is 0.102. The third kappa shape index (κ3) is 45.9. The van der Waals surface area contributed by atoms with Crippen molar-refractivity contribution in [1.82, 2.24) is 0 Å². The fraction of sp³-hybridized carbons (Fsp3) is 0.922. The third-order valence-corrected chi connectivity index (χ3v) is 13.5. The molecule has 0 aromatic rings. The van der Waals surface area contributed by atoms with Crippen molar-refractivity contribution in [3.05, 3.63) is 0 Å². The maximum absolute atomic E-state index is 12.8. The Bertz CT molecular complexity index is 1390. The summed E-state index contributed by atoms with van der Waals surface area (Å²) in [6.45, 7) is 4.50. The Kier molecular flexibility index (Phi) is 45.5. The third-order valence-electron chi connectivity index (χ3n) is 11.6. The lowest BCUT2D eigenvalue weighted by Gasteiger charge is -2.21. The first-order valence-corrected chi connectivity index (χ1v) is 30.3. The maximum atomic E-state index is 12.8. The number of aliphatic hydroxyl groups is 1.